The van der Waals surface area contributed by atoms with Gasteiger partial charge in [-0.3, -0.25) is 19.5 Å². The molecule has 0 saturated carbocycles. The van der Waals surface area contributed by atoms with Crippen molar-refractivity contribution in [1.82, 2.24) is 18.8 Å². The van der Waals surface area contributed by atoms with Gasteiger partial charge >= 0.3 is 0 Å². The molecular weight excluding hydrogens is 378 g/mol. The molecule has 3 aromatic rings. The monoisotopic (exact) mass is 403 g/mol. The first kappa shape index (κ1) is 18.8. The van der Waals surface area contributed by atoms with Gasteiger partial charge in [0.25, 0.3) is 5.56 Å². The van der Waals surface area contributed by atoms with E-state index in [1.807, 2.05) is 51.6 Å². The first-order chi connectivity index (χ1) is 14.7. The van der Waals surface area contributed by atoms with E-state index < -0.39 is 0 Å². The Bertz CT molecular complexity index is 1210. The largest absolute Gasteiger partial charge is 0.354 e. The molecule has 2 aromatic heterocycles. The minimum atomic E-state index is 0.0680. The molecule has 30 heavy (non-hydrogen) atoms. The van der Waals surface area contributed by atoms with Crippen molar-refractivity contribution in [3.05, 3.63) is 65.1 Å². The van der Waals surface area contributed by atoms with E-state index in [1.165, 1.54) is 0 Å². The van der Waals surface area contributed by atoms with Crippen LogP contribution in [0.3, 0.4) is 0 Å². The lowest BCUT2D eigenvalue weighted by Crippen LogP contribution is -2.49. The summed E-state index contributed by atoms with van der Waals surface area (Å²) in [6, 6.07) is 11.9. The minimum absolute atomic E-state index is 0.0680. The highest BCUT2D eigenvalue weighted by atomic mass is 16.1. The van der Waals surface area contributed by atoms with Crippen molar-refractivity contribution in [2.45, 2.75) is 13.0 Å². The van der Waals surface area contributed by atoms with Gasteiger partial charge in [-0.05, 0) is 49.4 Å². The predicted octanol–water partition coefficient (Wildman–Crippen LogP) is 1.80. The summed E-state index contributed by atoms with van der Waals surface area (Å²) in [4.78, 5) is 33.4. The molecule has 1 fully saturated rings. The second kappa shape index (κ2) is 7.91. The molecule has 0 radical (unpaired) electrons. The highest BCUT2D eigenvalue weighted by Crippen LogP contribution is 2.15. The third-order valence-corrected chi connectivity index (χ3v) is 6.01. The lowest BCUT2D eigenvalue weighted by atomic mass is 10.2. The number of hydrogen-bond acceptors (Lipinski definition) is 5. The maximum Gasteiger partial charge on any atom is 0.275 e. The standard InChI is InChI=1S/C23H25N5O2/c29-18-8-9-22(24-17-18)26-15-13-25(14-16-26)10-4-12-28-20-6-2-1-5-19(20)27-11-3-7-21(27)23(28)30/h1-3,5-9,11H,4,10,12-17H2. The van der Waals surface area contributed by atoms with Crippen molar-refractivity contribution in [3.8, 4) is 0 Å². The molecule has 2 aliphatic heterocycles. The molecule has 2 aliphatic rings. The van der Waals surface area contributed by atoms with Gasteiger partial charge in [-0.2, -0.15) is 0 Å². The van der Waals surface area contributed by atoms with Gasteiger partial charge in [0.15, 0.2) is 5.78 Å². The number of fused-ring (bicyclic) bond motifs is 3. The Hall–Kier alpha value is -3.19. The number of amidine groups is 1. The third kappa shape index (κ3) is 3.45. The second-order valence-corrected chi connectivity index (χ2v) is 7.87. The van der Waals surface area contributed by atoms with Gasteiger partial charge in [0, 0.05) is 38.9 Å². The normalized spacial score (nSPS) is 17.8. The van der Waals surface area contributed by atoms with E-state index in [0.717, 1.165) is 61.5 Å². The average molecular weight is 403 g/mol. The summed E-state index contributed by atoms with van der Waals surface area (Å²) < 4.78 is 3.89. The highest BCUT2D eigenvalue weighted by Gasteiger charge is 2.20. The van der Waals surface area contributed by atoms with Crippen LogP contribution < -0.4 is 5.56 Å². The fraction of sp³-hybridized carbons (Fsp3) is 0.348. The topological polar surface area (TPSA) is 62.3 Å². The Morgan fingerprint density at radius 1 is 0.833 bits per heavy atom. The Kier molecular flexibility index (Phi) is 4.96. The number of nitrogens with zero attached hydrogens (tertiary/aromatic N) is 5. The number of para-hydroxylation sites is 2. The molecule has 7 nitrogen and oxygen atoms in total. The number of carbonyl (C=O) groups excluding carboxylic acids is 1. The highest BCUT2D eigenvalue weighted by molar-refractivity contribution is 6.05. The zero-order valence-corrected chi connectivity index (χ0v) is 16.9. The summed E-state index contributed by atoms with van der Waals surface area (Å²) in [5, 5.41) is 0. The van der Waals surface area contributed by atoms with E-state index in [2.05, 4.69) is 20.9 Å². The Balaban J connectivity index is 1.23. The van der Waals surface area contributed by atoms with Gasteiger partial charge in [0.05, 0.1) is 11.0 Å². The molecule has 0 bridgehead atoms. The molecule has 7 heteroatoms. The van der Waals surface area contributed by atoms with E-state index in [0.29, 0.717) is 6.54 Å². The van der Waals surface area contributed by atoms with Gasteiger partial charge in [-0.1, -0.05) is 12.1 Å². The number of hydrogen-bond donors (Lipinski definition) is 0. The first-order valence-electron chi connectivity index (χ1n) is 10.5. The Morgan fingerprint density at radius 2 is 1.60 bits per heavy atom. The van der Waals surface area contributed by atoms with Crippen LogP contribution in [0.4, 0.5) is 0 Å². The molecule has 0 unspecified atom stereocenters. The number of rotatable bonds is 4. The van der Waals surface area contributed by atoms with E-state index >= 15 is 0 Å². The van der Waals surface area contributed by atoms with Gasteiger partial charge in [0.1, 0.15) is 17.9 Å². The van der Waals surface area contributed by atoms with Crippen LogP contribution in [0, 0.1) is 0 Å². The molecule has 0 spiro atoms. The number of piperazine rings is 1. The summed E-state index contributed by atoms with van der Waals surface area (Å²) in [5.74, 6) is 0.992. The quantitative estimate of drug-likeness (QED) is 0.667. The average Bonchev–Trinajstić information content (AvgIpc) is 3.28. The van der Waals surface area contributed by atoms with Crippen LogP contribution in [-0.4, -0.2) is 69.7 Å². The molecule has 1 aromatic carbocycles. The van der Waals surface area contributed by atoms with Crippen LogP contribution in [0.2, 0.25) is 0 Å². The van der Waals surface area contributed by atoms with Crippen LogP contribution in [0.15, 0.2) is 64.5 Å². The summed E-state index contributed by atoms with van der Waals surface area (Å²) in [7, 11) is 0. The van der Waals surface area contributed by atoms with Crippen molar-refractivity contribution < 1.29 is 4.79 Å². The van der Waals surface area contributed by atoms with Crippen LogP contribution in [-0.2, 0) is 11.3 Å². The summed E-state index contributed by atoms with van der Waals surface area (Å²) >= 11 is 0. The molecular formula is C23H25N5O2. The third-order valence-electron chi connectivity index (χ3n) is 6.01. The summed E-state index contributed by atoms with van der Waals surface area (Å²) in [5.41, 5.74) is 2.83. The summed E-state index contributed by atoms with van der Waals surface area (Å²) in [6.45, 7) is 5.69. The van der Waals surface area contributed by atoms with E-state index in [9.17, 15) is 9.59 Å². The number of carbonyl (C=O) groups is 1. The van der Waals surface area contributed by atoms with Gasteiger partial charge in [-0.25, -0.2) is 0 Å². The fourth-order valence-corrected chi connectivity index (χ4v) is 4.42. The van der Waals surface area contributed by atoms with Crippen molar-refractivity contribution in [1.29, 1.82) is 0 Å². The maximum atomic E-state index is 13.0. The predicted molar refractivity (Wildman–Crippen MR) is 118 cm³/mol. The van der Waals surface area contributed by atoms with E-state index in [-0.39, 0.29) is 17.9 Å². The van der Waals surface area contributed by atoms with Gasteiger partial charge in [0.2, 0.25) is 0 Å². The maximum absolute atomic E-state index is 13.0. The zero-order chi connectivity index (χ0) is 20.5. The minimum Gasteiger partial charge on any atom is -0.354 e. The van der Waals surface area contributed by atoms with Gasteiger partial charge < -0.3 is 13.9 Å². The molecule has 0 amide bonds. The van der Waals surface area contributed by atoms with Crippen molar-refractivity contribution in [3.63, 3.8) is 0 Å². The molecule has 0 N–H and O–H groups in total. The molecule has 0 atom stereocenters. The summed E-state index contributed by atoms with van der Waals surface area (Å²) in [6.07, 6.45) is 6.33. The molecule has 5 rings (SSSR count). The number of ketones is 1. The molecule has 154 valence electrons. The Morgan fingerprint density at radius 3 is 2.37 bits per heavy atom. The molecule has 4 heterocycles. The van der Waals surface area contributed by atoms with Crippen molar-refractivity contribution >= 4 is 28.2 Å². The SMILES string of the molecule is O=C1C=CC(N2CCN(CCCn3c(=O)c4cccn4c4ccccc43)CC2)=NC1. The van der Waals surface area contributed by atoms with Crippen LogP contribution >= 0.6 is 0 Å². The smallest absolute Gasteiger partial charge is 0.275 e. The van der Waals surface area contributed by atoms with Crippen LogP contribution in [0.1, 0.15) is 6.42 Å². The first-order valence-corrected chi connectivity index (χ1v) is 10.5. The molecule has 1 saturated heterocycles. The lowest BCUT2D eigenvalue weighted by molar-refractivity contribution is -0.113. The lowest BCUT2D eigenvalue weighted by Gasteiger charge is -2.36. The zero-order valence-electron chi connectivity index (χ0n) is 16.9. The van der Waals surface area contributed by atoms with E-state index in [1.54, 1.807) is 6.08 Å². The molecule has 0 aliphatic carbocycles. The second-order valence-electron chi connectivity index (χ2n) is 7.87. The number of benzene rings is 1. The van der Waals surface area contributed by atoms with Crippen LogP contribution in [0.5, 0.6) is 0 Å². The fourth-order valence-electron chi connectivity index (χ4n) is 4.42. The number of dihydropyridines is 1. The van der Waals surface area contributed by atoms with Crippen molar-refractivity contribution in [2.24, 2.45) is 4.99 Å². The number of aliphatic imine (C=N–C) groups is 1. The van der Waals surface area contributed by atoms with Crippen LogP contribution in [0.25, 0.3) is 16.6 Å². The number of aromatic nitrogens is 2. The Labute approximate surface area is 174 Å². The van der Waals surface area contributed by atoms with Crippen molar-refractivity contribution in [2.75, 3.05) is 39.3 Å². The number of aryl methyl sites for hydroxylation is 1. The van der Waals surface area contributed by atoms with Gasteiger partial charge in [-0.15, -0.1) is 0 Å². The van der Waals surface area contributed by atoms with E-state index in [4.69, 9.17) is 0 Å².